The van der Waals surface area contributed by atoms with Gasteiger partial charge in [-0.1, -0.05) is 0 Å². The molecule has 4 N–H and O–H groups in total. The van der Waals surface area contributed by atoms with E-state index in [1.807, 2.05) is 0 Å². The summed E-state index contributed by atoms with van der Waals surface area (Å²) in [6.45, 7) is 0. The van der Waals surface area contributed by atoms with E-state index < -0.39 is 0 Å². The van der Waals surface area contributed by atoms with Crippen LogP contribution < -0.4 is 0 Å². The Morgan fingerprint density at radius 2 is 0.789 bits per heavy atom. The third-order valence-electron chi connectivity index (χ3n) is 0.160. The maximum absolute atomic E-state index is 7.27. The van der Waals surface area contributed by atoms with E-state index in [0.717, 1.165) is 0 Å². The highest BCUT2D eigenvalue weighted by molar-refractivity contribution is 3.56. The largest absolute Gasteiger partial charge is 0.388 e. The van der Waals surface area contributed by atoms with Gasteiger partial charge in [-0.15, -0.1) is 0 Å². The maximum atomic E-state index is 7.27. The fourth-order valence-corrected chi connectivity index (χ4v) is 0.0402. The first-order valence-corrected chi connectivity index (χ1v) is 3.85. The number of hydrogen-bond donors (Lipinski definition) is 4. The van der Waals surface area contributed by atoms with Crippen LogP contribution in [0.4, 0.5) is 0 Å². The molecule has 0 aliphatic heterocycles. The van der Waals surface area contributed by atoms with Crippen molar-refractivity contribution in [3.05, 3.63) is 0 Å². The predicted octanol–water partition coefficient (Wildman–Crippen LogP) is 0.412. The van der Waals surface area contributed by atoms with Crippen molar-refractivity contribution in [1.82, 2.24) is 0 Å². The number of hydrogen-bond acceptors (Lipinski definition) is 13. The van der Waals surface area contributed by atoms with Crippen molar-refractivity contribution in [2.45, 2.75) is 0 Å². The normalized spacial score (nSPS) is 7.26. The second-order valence-electron chi connectivity index (χ2n) is 1.53. The maximum Gasteiger partial charge on any atom is 0.0745 e. The van der Waals surface area contributed by atoms with Crippen molar-refractivity contribution in [3.63, 3.8) is 0 Å². The lowest BCUT2D eigenvalue weighted by molar-refractivity contribution is -0.698. The summed E-state index contributed by atoms with van der Waals surface area (Å²) < 4.78 is 8.50. The van der Waals surface area contributed by atoms with Gasteiger partial charge >= 0.3 is 0 Å². The van der Waals surface area contributed by atoms with E-state index in [1.54, 1.807) is 28.4 Å². The van der Waals surface area contributed by atoms with Gasteiger partial charge in [0, 0.05) is 28.4 Å². The van der Waals surface area contributed by atoms with Crippen LogP contribution in [0.15, 0.2) is 0 Å². The fourth-order valence-electron chi connectivity index (χ4n) is 0.0402. The van der Waals surface area contributed by atoms with Crippen molar-refractivity contribution < 1.29 is 65.5 Å². The highest BCUT2D eigenvalue weighted by Gasteiger charge is 1.75. The quantitative estimate of drug-likeness (QED) is 0.321. The van der Waals surface area contributed by atoms with Gasteiger partial charge in [0.15, 0.2) is 0 Å². The lowest BCUT2D eigenvalue weighted by Crippen LogP contribution is -1.89. The summed E-state index contributed by atoms with van der Waals surface area (Å²) in [7, 11) is 8.87. The minimum absolute atomic E-state index is 1.18. The van der Waals surface area contributed by atoms with Crippen LogP contribution in [0, 0.1) is 0 Å². The fraction of sp³-hybridized carbons (Fsp3) is 1.00. The molecule has 13 nitrogen and oxygen atoms in total. The van der Waals surface area contributed by atoms with E-state index in [1.165, 1.54) is 14.2 Å². The van der Waals surface area contributed by atoms with Gasteiger partial charge in [-0.25, -0.2) is 25.5 Å². The van der Waals surface area contributed by atoms with Gasteiger partial charge in [-0.3, -0.25) is 5.26 Å². The molecule has 0 heterocycles. The SMILES string of the molecule is COC.COC.COO.COOOOO.OOOO. The molecule has 0 aromatic carbocycles. The molecule has 13 heteroatoms. The first-order valence-electron chi connectivity index (χ1n) is 3.85. The second kappa shape index (κ2) is 66.0. The van der Waals surface area contributed by atoms with Gasteiger partial charge < -0.3 is 9.47 Å². The first kappa shape index (κ1) is 31.1. The zero-order valence-electron chi connectivity index (χ0n) is 11.5. The molecule has 0 saturated carbocycles. The molecule has 0 fully saturated rings. The van der Waals surface area contributed by atoms with Crippen LogP contribution in [0.2, 0.25) is 0 Å². The average Bonchev–Trinajstić information content (AvgIpc) is 2.39. The Morgan fingerprint density at radius 1 is 0.526 bits per heavy atom. The van der Waals surface area contributed by atoms with E-state index in [9.17, 15) is 0 Å². The Kier molecular flexibility index (Phi) is 108. The van der Waals surface area contributed by atoms with Crippen molar-refractivity contribution in [1.29, 1.82) is 0 Å². The second-order valence-corrected chi connectivity index (χ2v) is 1.53. The Balaban J connectivity index is -0.0000000448. The molecule has 0 bridgehead atoms. The van der Waals surface area contributed by atoms with Crippen LogP contribution in [0.5, 0.6) is 0 Å². The van der Waals surface area contributed by atoms with Crippen LogP contribution in [-0.2, 0) is 44.4 Å². The molecule has 0 aromatic heterocycles. The molecule has 0 aliphatic carbocycles. The van der Waals surface area contributed by atoms with Crippen molar-refractivity contribution in [2.24, 2.45) is 0 Å². The lowest BCUT2D eigenvalue weighted by Gasteiger charge is -1.87. The Labute approximate surface area is 109 Å². The summed E-state index contributed by atoms with van der Waals surface area (Å²) in [6.07, 6.45) is 0. The molecule has 0 aromatic rings. The monoisotopic (exact) mass is 302 g/mol. The molecule has 0 saturated heterocycles. The average molecular weight is 302 g/mol. The molecule has 0 aliphatic rings. The summed E-state index contributed by atoms with van der Waals surface area (Å²) in [5.74, 6) is 0. The summed E-state index contributed by atoms with van der Waals surface area (Å²) in [5, 5.41) is 43.1. The lowest BCUT2D eigenvalue weighted by atomic mass is 11.6. The van der Waals surface area contributed by atoms with E-state index in [0.29, 0.717) is 0 Å². The minimum Gasteiger partial charge on any atom is -0.388 e. The van der Waals surface area contributed by atoms with Crippen LogP contribution >= 0.6 is 0 Å². The van der Waals surface area contributed by atoms with E-state index in [4.69, 9.17) is 21.0 Å². The van der Waals surface area contributed by atoms with Gasteiger partial charge in [-0.05, 0) is 25.2 Å². The zero-order chi connectivity index (χ0) is 16.4. The molecule has 124 valence electrons. The summed E-state index contributed by atoms with van der Waals surface area (Å²) in [5.41, 5.74) is 0. The Bertz CT molecular complexity index is 63.4. The molecule has 0 atom stereocenters. The number of rotatable bonds is 4. The van der Waals surface area contributed by atoms with Gasteiger partial charge in [0.1, 0.15) is 0 Å². The highest BCUT2D eigenvalue weighted by atomic mass is 17.7. The molecular weight excluding hydrogens is 280 g/mol. The summed E-state index contributed by atoms with van der Waals surface area (Å²) in [6, 6.07) is 0. The van der Waals surface area contributed by atoms with E-state index in [-0.39, 0.29) is 0 Å². The van der Waals surface area contributed by atoms with Crippen molar-refractivity contribution >= 4 is 0 Å². The van der Waals surface area contributed by atoms with Crippen molar-refractivity contribution in [3.8, 4) is 0 Å². The first-order chi connectivity index (χ1) is 9.07. The Hall–Kier alpha value is -0.520. The molecule has 0 rings (SSSR count). The number of methoxy groups -OCH3 is 2. The van der Waals surface area contributed by atoms with Gasteiger partial charge in [0.25, 0.3) is 0 Å². The third kappa shape index (κ3) is 346. The predicted molar refractivity (Wildman–Crippen MR) is 55.8 cm³/mol. The number of ether oxygens (including phenoxy) is 2. The topological polar surface area (TPSA) is 164 Å². The highest BCUT2D eigenvalue weighted by Crippen LogP contribution is 1.72. The molecule has 0 radical (unpaired) electrons. The van der Waals surface area contributed by atoms with E-state index in [2.05, 4.69) is 44.4 Å². The van der Waals surface area contributed by atoms with E-state index >= 15 is 0 Å². The van der Waals surface area contributed by atoms with Crippen LogP contribution in [0.25, 0.3) is 0 Å². The Morgan fingerprint density at radius 3 is 0.842 bits per heavy atom. The molecular formula is C6H22O13. The van der Waals surface area contributed by atoms with Gasteiger partial charge in [-0.2, -0.15) is 0 Å². The smallest absolute Gasteiger partial charge is 0.0745 e. The zero-order valence-corrected chi connectivity index (χ0v) is 11.5. The van der Waals surface area contributed by atoms with Crippen molar-refractivity contribution in [2.75, 3.05) is 42.7 Å². The molecule has 0 unspecified atom stereocenters. The molecule has 0 spiro atoms. The summed E-state index contributed by atoms with van der Waals surface area (Å²) >= 11 is 0. The third-order valence-corrected chi connectivity index (χ3v) is 0.160. The van der Waals surface area contributed by atoms with Gasteiger partial charge in [0.2, 0.25) is 0 Å². The van der Waals surface area contributed by atoms with Crippen LogP contribution in [-0.4, -0.2) is 63.7 Å². The molecule has 0 amide bonds. The standard InChI is InChI=1S/2C2H6O.CH4O5.CH4O2.H2O4/c2*1-3-2;1-3-5-6-4-2;1-3-2;1-3-4-2/h2*1-2H3;2H,1H3;2H,1H3;1-2H. The molecule has 19 heavy (non-hydrogen) atoms. The minimum atomic E-state index is 1.18. The van der Waals surface area contributed by atoms with Crippen LogP contribution in [0.1, 0.15) is 0 Å². The van der Waals surface area contributed by atoms with Gasteiger partial charge in [0.05, 0.1) is 14.2 Å². The van der Waals surface area contributed by atoms with Crippen LogP contribution in [0.3, 0.4) is 0 Å². The summed E-state index contributed by atoms with van der Waals surface area (Å²) in [4.78, 5) is 7.02.